The molecule has 1 heterocycles. The highest BCUT2D eigenvalue weighted by Gasteiger charge is 2.33. The normalized spacial score (nSPS) is 17.4. The Hall–Kier alpha value is -1.02. The predicted octanol–water partition coefficient (Wildman–Crippen LogP) is 2.67. The third-order valence-corrected chi connectivity index (χ3v) is 5.95. The van der Waals surface area contributed by atoms with Gasteiger partial charge in [-0.15, -0.1) is 12.4 Å². The third kappa shape index (κ3) is 5.23. The van der Waals surface area contributed by atoms with Crippen LogP contribution in [0, 0.1) is 0 Å². The Morgan fingerprint density at radius 3 is 2.40 bits per heavy atom. The van der Waals surface area contributed by atoms with Gasteiger partial charge < -0.3 is 14.8 Å². The van der Waals surface area contributed by atoms with Crippen LogP contribution in [0.1, 0.15) is 33.6 Å². The van der Waals surface area contributed by atoms with Gasteiger partial charge in [-0.2, -0.15) is 4.31 Å². The summed E-state index contributed by atoms with van der Waals surface area (Å²) in [6.45, 7) is 8.78. The van der Waals surface area contributed by atoms with Crippen molar-refractivity contribution in [3.63, 3.8) is 0 Å². The molecular weight excluding hydrogens is 364 g/mol. The summed E-state index contributed by atoms with van der Waals surface area (Å²) in [6, 6.07) is 4.87. The minimum atomic E-state index is -3.56. The fourth-order valence-corrected chi connectivity index (χ4v) is 4.69. The number of hydrogen-bond acceptors (Lipinski definition) is 5. The first-order chi connectivity index (χ1) is 11.5. The molecule has 0 aliphatic carbocycles. The number of ether oxygens (including phenoxy) is 2. The largest absolute Gasteiger partial charge is 0.490 e. The molecule has 0 amide bonds. The van der Waals surface area contributed by atoms with Crippen molar-refractivity contribution < 1.29 is 17.9 Å². The lowest BCUT2D eigenvalue weighted by Gasteiger charge is -2.27. The lowest BCUT2D eigenvalue weighted by molar-refractivity contribution is 0.286. The zero-order chi connectivity index (χ0) is 17.6. The predicted molar refractivity (Wildman–Crippen MR) is 101 cm³/mol. The molecule has 2 rings (SSSR count). The average Bonchev–Trinajstić information content (AvgIpc) is 3.08. The van der Waals surface area contributed by atoms with Crippen LogP contribution in [-0.4, -0.2) is 51.6 Å². The summed E-state index contributed by atoms with van der Waals surface area (Å²) in [4.78, 5) is 0.259. The zero-order valence-corrected chi connectivity index (χ0v) is 16.8. The summed E-state index contributed by atoms with van der Waals surface area (Å²) in [6.07, 6.45) is 1.62. The molecule has 1 fully saturated rings. The number of sulfonamides is 1. The number of nitrogens with zero attached hydrogens (tertiary/aromatic N) is 1. The molecule has 1 N–H and O–H groups in total. The molecule has 6 nitrogen and oxygen atoms in total. The zero-order valence-electron chi connectivity index (χ0n) is 15.2. The van der Waals surface area contributed by atoms with Crippen molar-refractivity contribution in [2.75, 3.05) is 32.8 Å². The quantitative estimate of drug-likeness (QED) is 0.699. The third-order valence-electron chi connectivity index (χ3n) is 4.01. The Bertz CT molecular complexity index is 634. The summed E-state index contributed by atoms with van der Waals surface area (Å²) in [5.41, 5.74) is 0. The van der Waals surface area contributed by atoms with Crippen LogP contribution in [0.15, 0.2) is 23.1 Å². The fourth-order valence-electron chi connectivity index (χ4n) is 2.93. The van der Waals surface area contributed by atoms with Gasteiger partial charge in [-0.25, -0.2) is 8.42 Å². The van der Waals surface area contributed by atoms with Gasteiger partial charge in [0.05, 0.1) is 18.1 Å². The van der Waals surface area contributed by atoms with E-state index >= 15 is 0 Å². The average molecular weight is 393 g/mol. The molecule has 1 aromatic carbocycles. The van der Waals surface area contributed by atoms with Gasteiger partial charge in [0.15, 0.2) is 11.5 Å². The standard InChI is InChI=1S/C17H28N2O4S.ClH/c1-4-11-19(14-9-10-18-13-14)24(20,21)15-7-8-16(22-5-2)17(12-15)23-6-3;/h7-8,12,14,18H,4-6,9-11,13H2,1-3H3;1H. The van der Waals surface area contributed by atoms with Crippen molar-refractivity contribution in [3.05, 3.63) is 18.2 Å². The number of halogens is 1. The van der Waals surface area contributed by atoms with Gasteiger partial charge in [-0.1, -0.05) is 6.92 Å². The van der Waals surface area contributed by atoms with E-state index in [2.05, 4.69) is 5.32 Å². The molecule has 1 atom stereocenters. The monoisotopic (exact) mass is 392 g/mol. The minimum Gasteiger partial charge on any atom is -0.490 e. The fraction of sp³-hybridized carbons (Fsp3) is 0.647. The number of benzene rings is 1. The second-order valence-corrected chi connectivity index (χ2v) is 7.63. The molecule has 0 radical (unpaired) electrons. The van der Waals surface area contributed by atoms with E-state index in [-0.39, 0.29) is 23.3 Å². The summed E-state index contributed by atoms with van der Waals surface area (Å²) < 4.78 is 39.0. The molecule has 0 saturated carbocycles. The number of rotatable bonds is 9. The Morgan fingerprint density at radius 2 is 1.84 bits per heavy atom. The van der Waals surface area contributed by atoms with Crippen LogP contribution in [-0.2, 0) is 10.0 Å². The smallest absolute Gasteiger partial charge is 0.243 e. The van der Waals surface area contributed by atoms with Crippen LogP contribution in [0.2, 0.25) is 0 Å². The van der Waals surface area contributed by atoms with E-state index in [1.54, 1.807) is 22.5 Å². The van der Waals surface area contributed by atoms with Crippen molar-refractivity contribution >= 4 is 22.4 Å². The highest BCUT2D eigenvalue weighted by atomic mass is 35.5. The lowest BCUT2D eigenvalue weighted by Crippen LogP contribution is -2.42. The van der Waals surface area contributed by atoms with Crippen LogP contribution in [0.5, 0.6) is 11.5 Å². The Labute approximate surface area is 157 Å². The molecular formula is C17H29ClN2O4S. The molecule has 8 heteroatoms. The van der Waals surface area contributed by atoms with Crippen molar-refractivity contribution in [3.8, 4) is 11.5 Å². The Morgan fingerprint density at radius 1 is 1.16 bits per heavy atom. The maximum atomic E-state index is 13.1. The van der Waals surface area contributed by atoms with Crippen molar-refractivity contribution in [2.45, 2.75) is 44.6 Å². The topological polar surface area (TPSA) is 67.9 Å². The highest BCUT2D eigenvalue weighted by molar-refractivity contribution is 7.89. The highest BCUT2D eigenvalue weighted by Crippen LogP contribution is 2.32. The van der Waals surface area contributed by atoms with E-state index in [9.17, 15) is 8.42 Å². The van der Waals surface area contributed by atoms with Gasteiger partial charge in [-0.3, -0.25) is 0 Å². The van der Waals surface area contributed by atoms with E-state index in [1.165, 1.54) is 0 Å². The maximum Gasteiger partial charge on any atom is 0.243 e. The van der Waals surface area contributed by atoms with Gasteiger partial charge in [-0.05, 0) is 45.4 Å². The summed E-state index contributed by atoms with van der Waals surface area (Å²) in [5.74, 6) is 1.05. The number of nitrogens with one attached hydrogen (secondary N) is 1. The van der Waals surface area contributed by atoms with Crippen molar-refractivity contribution in [1.29, 1.82) is 0 Å². The van der Waals surface area contributed by atoms with Gasteiger partial charge in [0.1, 0.15) is 0 Å². The second-order valence-electron chi connectivity index (χ2n) is 5.74. The van der Waals surface area contributed by atoms with Crippen LogP contribution in [0.4, 0.5) is 0 Å². The van der Waals surface area contributed by atoms with Gasteiger partial charge in [0, 0.05) is 25.2 Å². The van der Waals surface area contributed by atoms with E-state index < -0.39 is 10.0 Å². The van der Waals surface area contributed by atoms with Crippen molar-refractivity contribution in [2.24, 2.45) is 0 Å². The molecule has 0 spiro atoms. The maximum absolute atomic E-state index is 13.1. The van der Waals surface area contributed by atoms with Crippen LogP contribution >= 0.6 is 12.4 Å². The molecule has 1 saturated heterocycles. The molecule has 25 heavy (non-hydrogen) atoms. The first-order valence-electron chi connectivity index (χ1n) is 8.66. The molecule has 1 aromatic rings. The summed E-state index contributed by atoms with van der Waals surface area (Å²) >= 11 is 0. The molecule has 0 bridgehead atoms. The van der Waals surface area contributed by atoms with Gasteiger partial charge in [0.2, 0.25) is 10.0 Å². The first-order valence-corrected chi connectivity index (χ1v) is 10.1. The van der Waals surface area contributed by atoms with E-state index in [0.29, 0.717) is 37.8 Å². The lowest BCUT2D eigenvalue weighted by atomic mass is 10.2. The minimum absolute atomic E-state index is 0. The molecule has 144 valence electrons. The Kier molecular flexibility index (Phi) is 8.99. The molecule has 0 aromatic heterocycles. The van der Waals surface area contributed by atoms with Crippen LogP contribution < -0.4 is 14.8 Å². The first kappa shape index (κ1) is 22.0. The SMILES string of the molecule is CCCN(C1CCNC1)S(=O)(=O)c1ccc(OCC)c(OCC)c1.Cl. The van der Waals surface area contributed by atoms with E-state index in [0.717, 1.165) is 19.4 Å². The molecule has 1 aliphatic heterocycles. The molecule has 1 unspecified atom stereocenters. The Balaban J connectivity index is 0.00000312. The number of hydrogen-bond donors (Lipinski definition) is 1. The van der Waals surface area contributed by atoms with Gasteiger partial charge in [0.25, 0.3) is 0 Å². The van der Waals surface area contributed by atoms with Gasteiger partial charge >= 0.3 is 0 Å². The van der Waals surface area contributed by atoms with E-state index in [4.69, 9.17) is 9.47 Å². The van der Waals surface area contributed by atoms with Crippen molar-refractivity contribution in [1.82, 2.24) is 9.62 Å². The summed E-state index contributed by atoms with van der Waals surface area (Å²) in [5, 5.41) is 3.24. The summed E-state index contributed by atoms with van der Waals surface area (Å²) in [7, 11) is -3.56. The second kappa shape index (κ2) is 10.2. The van der Waals surface area contributed by atoms with E-state index in [1.807, 2.05) is 20.8 Å². The molecule has 1 aliphatic rings. The van der Waals surface area contributed by atoms with Crippen LogP contribution in [0.3, 0.4) is 0 Å². The van der Waals surface area contributed by atoms with Crippen LogP contribution in [0.25, 0.3) is 0 Å².